The summed E-state index contributed by atoms with van der Waals surface area (Å²) >= 11 is 0. The highest BCUT2D eigenvalue weighted by molar-refractivity contribution is 7.47. The van der Waals surface area contributed by atoms with E-state index < -0.39 is 57.8 Å². The van der Waals surface area contributed by atoms with E-state index in [9.17, 15) is 28.9 Å². The first-order chi connectivity index (χ1) is 31.2. The van der Waals surface area contributed by atoms with Crippen LogP contribution in [0.5, 0.6) is 0 Å². The number of allylic oxidation sites excluding steroid dienone is 8. The minimum absolute atomic E-state index is 0.156. The Labute approximate surface area is 390 Å². The Morgan fingerprint density at radius 1 is 0.453 bits per heavy atom. The summed E-state index contributed by atoms with van der Waals surface area (Å²) in [5.74, 6) is -1.48. The van der Waals surface area contributed by atoms with Gasteiger partial charge in [0.25, 0.3) is 0 Å². The average molecular weight is 925 g/mol. The first-order valence-electron chi connectivity index (χ1n) is 25.5. The third kappa shape index (κ3) is 44.6. The second kappa shape index (κ2) is 47.0. The Morgan fingerprint density at radius 2 is 0.828 bits per heavy atom. The molecule has 64 heavy (non-hydrogen) atoms. The van der Waals surface area contributed by atoms with Crippen molar-refractivity contribution in [1.82, 2.24) is 0 Å². The second-order valence-electron chi connectivity index (χ2n) is 17.0. The van der Waals surface area contributed by atoms with E-state index in [-0.39, 0.29) is 25.9 Å². The maximum absolute atomic E-state index is 12.8. The molecule has 12 heteroatoms. The number of aliphatic hydroxyl groups excluding tert-OH is 1. The van der Waals surface area contributed by atoms with Gasteiger partial charge >= 0.3 is 25.7 Å². The van der Waals surface area contributed by atoms with Crippen molar-refractivity contribution in [1.29, 1.82) is 0 Å². The van der Waals surface area contributed by atoms with Crippen molar-refractivity contribution >= 4 is 25.7 Å². The summed E-state index contributed by atoms with van der Waals surface area (Å²) in [7, 11) is -4.74. The lowest BCUT2D eigenvalue weighted by Crippen LogP contribution is -2.30. The van der Waals surface area contributed by atoms with Crippen LogP contribution in [0.4, 0.5) is 0 Å². The van der Waals surface area contributed by atoms with Crippen LogP contribution < -0.4 is 0 Å². The summed E-state index contributed by atoms with van der Waals surface area (Å²) < 4.78 is 39.2. The van der Waals surface area contributed by atoms with Gasteiger partial charge in [-0.2, -0.15) is 0 Å². The Balaban J connectivity index is 4.75. The smallest absolute Gasteiger partial charge is 0.462 e. The topological polar surface area (TPSA) is 155 Å². The molecular weight excluding hydrogens is 832 g/mol. The zero-order chi connectivity index (χ0) is 47.0. The molecule has 0 aliphatic heterocycles. The zero-order valence-electron chi connectivity index (χ0n) is 40.7. The van der Waals surface area contributed by atoms with Gasteiger partial charge in [-0.3, -0.25) is 23.4 Å². The van der Waals surface area contributed by atoms with Gasteiger partial charge < -0.3 is 24.2 Å². The van der Waals surface area contributed by atoms with Crippen LogP contribution in [0.15, 0.2) is 48.6 Å². The molecule has 0 spiro atoms. The fraction of sp³-hybridized carbons (Fsp3) is 0.788. The van der Waals surface area contributed by atoms with E-state index in [1.807, 2.05) is 0 Å². The zero-order valence-corrected chi connectivity index (χ0v) is 41.6. The minimum atomic E-state index is -4.74. The van der Waals surface area contributed by atoms with Gasteiger partial charge in [0.2, 0.25) is 0 Å². The first kappa shape index (κ1) is 61.4. The van der Waals surface area contributed by atoms with Crippen molar-refractivity contribution in [2.24, 2.45) is 0 Å². The first-order valence-corrected chi connectivity index (χ1v) is 27.0. The molecule has 0 saturated heterocycles. The number of unbranched alkanes of at least 4 members (excludes halogenated alkanes) is 22. The van der Waals surface area contributed by atoms with Crippen molar-refractivity contribution in [3.05, 3.63) is 48.6 Å². The highest BCUT2D eigenvalue weighted by atomic mass is 31.2. The highest BCUT2D eigenvalue weighted by Crippen LogP contribution is 2.43. The molecule has 0 fully saturated rings. The van der Waals surface area contributed by atoms with Crippen molar-refractivity contribution in [3.63, 3.8) is 0 Å². The maximum atomic E-state index is 12.8. The summed E-state index contributed by atoms with van der Waals surface area (Å²) in [5.41, 5.74) is 0. The maximum Gasteiger partial charge on any atom is 0.472 e. The van der Waals surface area contributed by atoms with Crippen LogP contribution >= 0.6 is 7.82 Å². The molecule has 0 radical (unpaired) electrons. The van der Waals surface area contributed by atoms with Crippen LogP contribution in [0.2, 0.25) is 0 Å². The number of hydrogen-bond acceptors (Lipinski definition) is 10. The third-order valence-corrected chi connectivity index (χ3v) is 11.7. The molecule has 3 atom stereocenters. The molecule has 0 heterocycles. The van der Waals surface area contributed by atoms with Crippen molar-refractivity contribution < 1.29 is 52.2 Å². The lowest BCUT2D eigenvalue weighted by Gasteiger charge is -2.21. The fourth-order valence-corrected chi connectivity index (χ4v) is 7.61. The van der Waals surface area contributed by atoms with Gasteiger partial charge in [-0.25, -0.2) is 4.57 Å². The van der Waals surface area contributed by atoms with Gasteiger partial charge in [0.1, 0.15) is 12.7 Å². The number of esters is 3. The molecule has 0 amide bonds. The predicted octanol–water partition coefficient (Wildman–Crippen LogP) is 14.2. The van der Waals surface area contributed by atoms with Gasteiger partial charge in [-0.1, -0.05) is 185 Å². The van der Waals surface area contributed by atoms with E-state index in [2.05, 4.69) is 69.4 Å². The fourth-order valence-electron chi connectivity index (χ4n) is 6.82. The number of carbonyl (C=O) groups excluding carboxylic acids is 3. The largest absolute Gasteiger partial charge is 0.472 e. The van der Waals surface area contributed by atoms with Gasteiger partial charge in [0, 0.05) is 19.3 Å². The van der Waals surface area contributed by atoms with E-state index in [1.165, 1.54) is 51.4 Å². The SMILES string of the molecule is CC/C=C\C/C=C\C/C=C\CCCCCCCCCC(=O)OC(COC(=O)CCCCCCC/C=C\CCCC)COP(=O)(O)OCC(CO)OC(=O)CCCCCCCCCCC. The quantitative estimate of drug-likeness (QED) is 0.0197. The molecule has 0 aromatic rings. The van der Waals surface area contributed by atoms with Crippen LogP contribution in [0.25, 0.3) is 0 Å². The minimum Gasteiger partial charge on any atom is -0.462 e. The molecule has 0 bridgehead atoms. The molecule has 0 aliphatic carbocycles. The van der Waals surface area contributed by atoms with E-state index >= 15 is 0 Å². The van der Waals surface area contributed by atoms with Gasteiger partial charge in [0.15, 0.2) is 6.10 Å². The molecule has 2 N–H and O–H groups in total. The molecule has 0 aromatic heterocycles. The Bertz CT molecular complexity index is 1260. The van der Waals surface area contributed by atoms with Crippen molar-refractivity contribution in [2.75, 3.05) is 26.4 Å². The summed E-state index contributed by atoms with van der Waals surface area (Å²) in [6.45, 7) is 4.44. The lowest BCUT2D eigenvalue weighted by molar-refractivity contribution is -0.161. The van der Waals surface area contributed by atoms with Crippen LogP contribution in [0.3, 0.4) is 0 Å². The Morgan fingerprint density at radius 3 is 1.31 bits per heavy atom. The van der Waals surface area contributed by atoms with E-state index in [0.29, 0.717) is 19.3 Å². The molecule has 3 unspecified atom stereocenters. The second-order valence-corrected chi connectivity index (χ2v) is 18.4. The number of hydrogen-bond donors (Lipinski definition) is 2. The van der Waals surface area contributed by atoms with Gasteiger partial charge in [0.05, 0.1) is 19.8 Å². The summed E-state index contributed by atoms with van der Waals surface area (Å²) in [6.07, 6.45) is 46.6. The number of carbonyl (C=O) groups is 3. The Hall–Kier alpha value is -2.56. The molecule has 0 saturated carbocycles. The number of rotatable bonds is 47. The summed E-state index contributed by atoms with van der Waals surface area (Å²) in [4.78, 5) is 48.2. The van der Waals surface area contributed by atoms with Gasteiger partial charge in [-0.15, -0.1) is 0 Å². The number of ether oxygens (including phenoxy) is 3. The van der Waals surface area contributed by atoms with Crippen LogP contribution in [-0.2, 0) is 42.2 Å². The van der Waals surface area contributed by atoms with Gasteiger partial charge in [-0.05, 0) is 70.6 Å². The number of phosphoric acid groups is 1. The monoisotopic (exact) mass is 925 g/mol. The molecule has 0 rings (SSSR count). The van der Waals surface area contributed by atoms with Crippen molar-refractivity contribution in [2.45, 2.75) is 238 Å². The lowest BCUT2D eigenvalue weighted by atomic mass is 10.1. The van der Waals surface area contributed by atoms with E-state index in [1.54, 1.807) is 0 Å². The van der Waals surface area contributed by atoms with Crippen LogP contribution in [-0.4, -0.2) is 66.5 Å². The Kier molecular flexibility index (Phi) is 45.1. The molecule has 11 nitrogen and oxygen atoms in total. The molecule has 0 aromatic carbocycles. The molecular formula is C52H93O11P. The normalized spacial score (nSPS) is 13.9. The number of phosphoric ester groups is 1. The van der Waals surface area contributed by atoms with E-state index in [4.69, 9.17) is 23.3 Å². The summed E-state index contributed by atoms with van der Waals surface area (Å²) in [6, 6.07) is 0. The van der Waals surface area contributed by atoms with E-state index in [0.717, 1.165) is 116 Å². The summed E-state index contributed by atoms with van der Waals surface area (Å²) in [5, 5.41) is 9.73. The average Bonchev–Trinajstić information content (AvgIpc) is 3.28. The third-order valence-electron chi connectivity index (χ3n) is 10.7. The van der Waals surface area contributed by atoms with Crippen LogP contribution in [0.1, 0.15) is 226 Å². The standard InChI is InChI=1S/C52H93O11P/c1-4-7-10-13-16-19-21-22-23-24-25-26-28-31-34-37-40-43-52(56)63-49(45-59-50(54)41-38-35-32-30-27-20-17-14-11-8-5-2)47-61-64(57,58)60-46-48(44-53)62-51(55)42-39-36-33-29-18-15-12-9-6-3/h7,10,14,16-17,19,22-23,48-49,53H,4-6,8-9,11-13,15,18,20-21,24-47H2,1-3H3,(H,57,58)/b10-7-,17-14-,19-16-,23-22-. The molecule has 372 valence electrons. The van der Waals surface area contributed by atoms with Crippen molar-refractivity contribution in [3.8, 4) is 0 Å². The van der Waals surface area contributed by atoms with Crippen LogP contribution in [0, 0.1) is 0 Å². The predicted molar refractivity (Wildman–Crippen MR) is 261 cm³/mol. The molecule has 0 aliphatic rings. The highest BCUT2D eigenvalue weighted by Gasteiger charge is 2.28. The number of aliphatic hydroxyl groups is 1.